The number of thioether (sulfide) groups is 1. The number of benzene rings is 1. The monoisotopic (exact) mass is 313 g/mol. The summed E-state index contributed by atoms with van der Waals surface area (Å²) in [5, 5.41) is 0. The molecule has 1 aliphatic heterocycles. The lowest BCUT2D eigenvalue weighted by atomic mass is 10.1. The summed E-state index contributed by atoms with van der Waals surface area (Å²) in [4.78, 5) is 9.26. The van der Waals surface area contributed by atoms with Crippen molar-refractivity contribution in [2.75, 3.05) is 11.5 Å². The van der Waals surface area contributed by atoms with Crippen LogP contribution in [0, 0.1) is 5.82 Å². The molecular formula is C17H16FN3S. The van der Waals surface area contributed by atoms with Crippen LogP contribution in [-0.4, -0.2) is 26.0 Å². The van der Waals surface area contributed by atoms with Gasteiger partial charge < -0.3 is 4.57 Å². The SMILES string of the molecule is Fc1ccccc1Cn1c(C2CCSC2)nc2cccnc21. The Morgan fingerprint density at radius 2 is 2.14 bits per heavy atom. The normalized spacial score (nSPS) is 18.1. The van der Waals surface area contributed by atoms with E-state index >= 15 is 0 Å². The van der Waals surface area contributed by atoms with E-state index in [9.17, 15) is 4.39 Å². The predicted molar refractivity (Wildman–Crippen MR) is 87.7 cm³/mol. The van der Waals surface area contributed by atoms with Gasteiger partial charge in [-0.2, -0.15) is 11.8 Å². The smallest absolute Gasteiger partial charge is 0.160 e. The van der Waals surface area contributed by atoms with E-state index in [2.05, 4.69) is 9.55 Å². The highest BCUT2D eigenvalue weighted by molar-refractivity contribution is 7.99. The quantitative estimate of drug-likeness (QED) is 0.736. The van der Waals surface area contributed by atoms with Gasteiger partial charge in [-0.25, -0.2) is 14.4 Å². The van der Waals surface area contributed by atoms with Crippen molar-refractivity contribution >= 4 is 22.9 Å². The summed E-state index contributed by atoms with van der Waals surface area (Å²) in [6, 6.07) is 10.8. The molecule has 112 valence electrons. The van der Waals surface area contributed by atoms with E-state index < -0.39 is 0 Å². The van der Waals surface area contributed by atoms with E-state index in [4.69, 9.17) is 4.98 Å². The van der Waals surface area contributed by atoms with Gasteiger partial charge in [0.15, 0.2) is 5.65 Å². The highest BCUT2D eigenvalue weighted by Crippen LogP contribution is 2.33. The molecule has 3 aromatic rings. The van der Waals surface area contributed by atoms with Crippen LogP contribution >= 0.6 is 11.8 Å². The molecule has 1 atom stereocenters. The molecule has 0 radical (unpaired) electrons. The minimum Gasteiger partial charge on any atom is -0.308 e. The lowest BCUT2D eigenvalue weighted by molar-refractivity contribution is 0.587. The topological polar surface area (TPSA) is 30.7 Å². The van der Waals surface area contributed by atoms with Gasteiger partial charge >= 0.3 is 0 Å². The van der Waals surface area contributed by atoms with Crippen LogP contribution < -0.4 is 0 Å². The molecule has 1 unspecified atom stereocenters. The Bertz CT molecular complexity index is 809. The summed E-state index contributed by atoms with van der Waals surface area (Å²) in [5.74, 6) is 3.56. The zero-order valence-electron chi connectivity index (χ0n) is 12.1. The highest BCUT2D eigenvalue weighted by Gasteiger charge is 2.24. The summed E-state index contributed by atoms with van der Waals surface area (Å²) >= 11 is 1.96. The second-order valence-corrected chi connectivity index (χ2v) is 6.70. The maximum Gasteiger partial charge on any atom is 0.160 e. The van der Waals surface area contributed by atoms with Gasteiger partial charge in [-0.05, 0) is 30.4 Å². The second kappa shape index (κ2) is 5.72. The second-order valence-electron chi connectivity index (χ2n) is 5.55. The molecule has 0 aliphatic carbocycles. The molecular weight excluding hydrogens is 297 g/mol. The zero-order chi connectivity index (χ0) is 14.9. The van der Waals surface area contributed by atoms with Crippen molar-refractivity contribution in [3.8, 4) is 0 Å². The van der Waals surface area contributed by atoms with Gasteiger partial charge in [0, 0.05) is 23.4 Å². The van der Waals surface area contributed by atoms with E-state index in [-0.39, 0.29) is 5.82 Å². The minimum atomic E-state index is -0.174. The van der Waals surface area contributed by atoms with Crippen molar-refractivity contribution in [3.05, 3.63) is 59.8 Å². The number of imidazole rings is 1. The van der Waals surface area contributed by atoms with Gasteiger partial charge in [0.1, 0.15) is 17.2 Å². The molecule has 0 spiro atoms. The summed E-state index contributed by atoms with van der Waals surface area (Å²) < 4.78 is 16.1. The van der Waals surface area contributed by atoms with E-state index in [0.717, 1.165) is 29.2 Å². The van der Waals surface area contributed by atoms with Gasteiger partial charge in [0.25, 0.3) is 0 Å². The zero-order valence-corrected chi connectivity index (χ0v) is 12.9. The minimum absolute atomic E-state index is 0.174. The van der Waals surface area contributed by atoms with Crippen molar-refractivity contribution in [1.82, 2.24) is 14.5 Å². The molecule has 0 saturated carbocycles. The van der Waals surface area contributed by atoms with Gasteiger partial charge in [0.05, 0.1) is 6.54 Å². The van der Waals surface area contributed by atoms with Crippen LogP contribution in [0.25, 0.3) is 11.2 Å². The first-order chi connectivity index (χ1) is 10.8. The third kappa shape index (κ3) is 2.39. The van der Waals surface area contributed by atoms with Crippen molar-refractivity contribution in [2.24, 2.45) is 0 Å². The van der Waals surface area contributed by atoms with Crippen LogP contribution in [0.1, 0.15) is 23.7 Å². The number of fused-ring (bicyclic) bond motifs is 1. The predicted octanol–water partition coefficient (Wildman–Crippen LogP) is 3.84. The summed E-state index contributed by atoms with van der Waals surface area (Å²) in [7, 11) is 0. The Balaban J connectivity index is 1.83. The fourth-order valence-electron chi connectivity index (χ4n) is 2.98. The lowest BCUT2D eigenvalue weighted by Gasteiger charge is -2.13. The first-order valence-corrected chi connectivity index (χ1v) is 8.60. The van der Waals surface area contributed by atoms with Crippen molar-refractivity contribution in [2.45, 2.75) is 18.9 Å². The summed E-state index contributed by atoms with van der Waals surface area (Å²) in [5.41, 5.74) is 2.42. The van der Waals surface area contributed by atoms with Gasteiger partial charge in [-0.3, -0.25) is 0 Å². The first-order valence-electron chi connectivity index (χ1n) is 7.45. The Kier molecular flexibility index (Phi) is 3.58. The van der Waals surface area contributed by atoms with Gasteiger partial charge in [-0.1, -0.05) is 18.2 Å². The van der Waals surface area contributed by atoms with Crippen molar-refractivity contribution in [3.63, 3.8) is 0 Å². The largest absolute Gasteiger partial charge is 0.308 e. The molecule has 22 heavy (non-hydrogen) atoms. The van der Waals surface area contributed by atoms with Gasteiger partial charge in [0.2, 0.25) is 0 Å². The third-order valence-corrected chi connectivity index (χ3v) is 5.28. The number of pyridine rings is 1. The molecule has 1 aliphatic rings. The number of hydrogen-bond acceptors (Lipinski definition) is 3. The van der Waals surface area contributed by atoms with E-state index in [0.29, 0.717) is 18.0 Å². The van der Waals surface area contributed by atoms with Crippen LogP contribution in [-0.2, 0) is 6.54 Å². The molecule has 3 nitrogen and oxygen atoms in total. The number of hydrogen-bond donors (Lipinski definition) is 0. The Hall–Kier alpha value is -1.88. The van der Waals surface area contributed by atoms with E-state index in [1.807, 2.05) is 36.0 Å². The highest BCUT2D eigenvalue weighted by atomic mass is 32.2. The summed E-state index contributed by atoms with van der Waals surface area (Å²) in [6.45, 7) is 0.483. The molecule has 1 saturated heterocycles. The maximum absolute atomic E-state index is 14.0. The number of aromatic nitrogens is 3. The first kappa shape index (κ1) is 13.8. The summed E-state index contributed by atoms with van der Waals surface area (Å²) in [6.07, 6.45) is 2.90. The van der Waals surface area contributed by atoms with Gasteiger partial charge in [-0.15, -0.1) is 0 Å². The van der Waals surface area contributed by atoms with Crippen LogP contribution in [0.3, 0.4) is 0 Å². The molecule has 4 rings (SSSR count). The molecule has 0 amide bonds. The molecule has 2 aromatic heterocycles. The van der Waals surface area contributed by atoms with Crippen LogP contribution in [0.5, 0.6) is 0 Å². The van der Waals surface area contributed by atoms with Crippen LogP contribution in [0.4, 0.5) is 4.39 Å². The Morgan fingerprint density at radius 1 is 1.23 bits per heavy atom. The molecule has 1 aromatic carbocycles. The average molecular weight is 313 g/mol. The van der Waals surface area contributed by atoms with E-state index in [1.54, 1.807) is 12.3 Å². The maximum atomic E-state index is 14.0. The number of halogens is 1. The number of rotatable bonds is 3. The molecule has 0 N–H and O–H groups in total. The molecule has 5 heteroatoms. The van der Waals surface area contributed by atoms with Crippen LogP contribution in [0.2, 0.25) is 0 Å². The standard InChI is InChI=1S/C17H16FN3S/c18-14-5-2-1-4-12(14)10-21-16(13-7-9-22-11-13)20-15-6-3-8-19-17(15)21/h1-6,8,13H,7,9-11H2. The fourth-order valence-corrected chi connectivity index (χ4v) is 4.20. The van der Waals surface area contributed by atoms with Crippen LogP contribution in [0.15, 0.2) is 42.6 Å². The number of nitrogens with zero attached hydrogens (tertiary/aromatic N) is 3. The fraction of sp³-hybridized carbons (Fsp3) is 0.294. The molecule has 0 bridgehead atoms. The van der Waals surface area contributed by atoms with E-state index in [1.165, 1.54) is 11.8 Å². The Labute approximate surface area is 132 Å². The third-order valence-electron chi connectivity index (χ3n) is 4.11. The lowest BCUT2D eigenvalue weighted by Crippen LogP contribution is -2.11. The molecule has 1 fully saturated rings. The molecule has 3 heterocycles. The average Bonchev–Trinajstić information content (AvgIpc) is 3.17. The Morgan fingerprint density at radius 3 is 2.95 bits per heavy atom. The van der Waals surface area contributed by atoms with Crippen molar-refractivity contribution < 1.29 is 4.39 Å². The van der Waals surface area contributed by atoms with Crippen molar-refractivity contribution in [1.29, 1.82) is 0 Å².